The quantitative estimate of drug-likeness (QED) is 0.142. The zero-order valence-corrected chi connectivity index (χ0v) is 6.25. The van der Waals surface area contributed by atoms with E-state index in [-0.39, 0.29) is 0 Å². The largest absolute Gasteiger partial charge is 0.624 e. The summed E-state index contributed by atoms with van der Waals surface area (Å²) >= 11 is 0. The van der Waals surface area contributed by atoms with Gasteiger partial charge in [0, 0.05) is 6.42 Å². The monoisotopic (exact) mass is 143 g/mol. The first kappa shape index (κ1) is 9.17. The fourth-order valence-electron chi connectivity index (χ4n) is 0.485. The van der Waals surface area contributed by atoms with E-state index in [4.69, 9.17) is 4.74 Å². The van der Waals surface area contributed by atoms with Crippen LogP contribution in [0.1, 0.15) is 6.42 Å². The summed E-state index contributed by atoms with van der Waals surface area (Å²) in [5.74, 6) is 0. The first-order valence-corrected chi connectivity index (χ1v) is 3.19. The number of rotatable bonds is 5. The predicted octanol–water partition coefficient (Wildman–Crippen LogP) is 0.790. The Morgan fingerprint density at radius 2 is 2.40 bits per heavy atom. The van der Waals surface area contributed by atoms with Gasteiger partial charge in [-0.05, 0) is 0 Å². The summed E-state index contributed by atoms with van der Waals surface area (Å²) in [7, 11) is 1.45. The molecule has 0 fully saturated rings. The van der Waals surface area contributed by atoms with Gasteiger partial charge in [0.1, 0.15) is 7.05 Å². The fraction of sp³-hybridized carbons (Fsp3) is 0.571. The van der Waals surface area contributed by atoms with Crippen molar-refractivity contribution in [2.24, 2.45) is 0 Å². The minimum atomic E-state index is 0.552. The Labute approximate surface area is 61.2 Å². The highest BCUT2D eigenvalue weighted by molar-refractivity contribution is 5.51. The molecular weight excluding hydrogens is 130 g/mol. The Morgan fingerprint density at radius 3 is 2.90 bits per heavy atom. The lowest BCUT2D eigenvalue weighted by Crippen LogP contribution is -2.00. The highest BCUT2D eigenvalue weighted by Gasteiger charge is 1.84. The minimum Gasteiger partial charge on any atom is -0.624 e. The highest BCUT2D eigenvalue weighted by atomic mass is 16.5. The summed E-state index contributed by atoms with van der Waals surface area (Å²) in [6.07, 6.45) is 3.87. The number of hydrogen-bond donors (Lipinski definition) is 0. The lowest BCUT2D eigenvalue weighted by atomic mass is 10.5. The van der Waals surface area contributed by atoms with Crippen LogP contribution in [0.5, 0.6) is 0 Å². The van der Waals surface area contributed by atoms with Crippen molar-refractivity contribution in [3.05, 3.63) is 17.9 Å². The number of nitrogens with zero attached hydrogens (tertiary/aromatic N) is 1. The molecule has 0 heterocycles. The molecule has 58 valence electrons. The van der Waals surface area contributed by atoms with E-state index in [2.05, 4.69) is 6.58 Å². The van der Waals surface area contributed by atoms with Crippen molar-refractivity contribution in [1.82, 2.24) is 0 Å². The summed E-state index contributed by atoms with van der Waals surface area (Å²) in [5.41, 5.74) is 0. The van der Waals surface area contributed by atoms with E-state index in [0.29, 0.717) is 19.6 Å². The van der Waals surface area contributed by atoms with Gasteiger partial charge in [0.05, 0.1) is 13.2 Å². The Morgan fingerprint density at radius 1 is 1.70 bits per heavy atom. The Bertz CT molecular complexity index is 117. The summed E-state index contributed by atoms with van der Waals surface area (Å²) in [4.78, 5) is 0. The van der Waals surface area contributed by atoms with Gasteiger partial charge in [0.15, 0.2) is 6.21 Å². The summed E-state index contributed by atoms with van der Waals surface area (Å²) in [6, 6.07) is 0. The van der Waals surface area contributed by atoms with Crippen molar-refractivity contribution in [2.45, 2.75) is 6.42 Å². The molecule has 0 radical (unpaired) electrons. The second-order valence-electron chi connectivity index (χ2n) is 1.88. The molecule has 10 heavy (non-hydrogen) atoms. The van der Waals surface area contributed by atoms with Gasteiger partial charge in [-0.2, -0.15) is 0 Å². The molecule has 3 nitrogen and oxygen atoms in total. The summed E-state index contributed by atoms with van der Waals surface area (Å²) in [5, 5.41) is 10.3. The van der Waals surface area contributed by atoms with E-state index in [1.54, 1.807) is 6.08 Å². The third-order valence-electron chi connectivity index (χ3n) is 0.884. The first-order chi connectivity index (χ1) is 4.77. The second kappa shape index (κ2) is 6.29. The molecule has 0 aromatic heterocycles. The number of hydrogen-bond acceptors (Lipinski definition) is 2. The zero-order valence-electron chi connectivity index (χ0n) is 6.25. The van der Waals surface area contributed by atoms with Crippen molar-refractivity contribution < 1.29 is 9.48 Å². The van der Waals surface area contributed by atoms with E-state index < -0.39 is 0 Å². The van der Waals surface area contributed by atoms with Crippen LogP contribution in [-0.4, -0.2) is 31.2 Å². The van der Waals surface area contributed by atoms with Gasteiger partial charge < -0.3 is 9.94 Å². The molecule has 0 aromatic rings. The Hall–Kier alpha value is -0.830. The first-order valence-electron chi connectivity index (χ1n) is 3.19. The molecule has 0 aliphatic rings. The topological polar surface area (TPSA) is 35.3 Å². The van der Waals surface area contributed by atoms with E-state index in [0.717, 1.165) is 4.74 Å². The summed E-state index contributed by atoms with van der Waals surface area (Å²) < 4.78 is 5.79. The Kier molecular flexibility index (Phi) is 5.77. The molecule has 0 bridgehead atoms. The Balaban J connectivity index is 3.05. The van der Waals surface area contributed by atoms with Gasteiger partial charge in [-0.3, -0.25) is 0 Å². The van der Waals surface area contributed by atoms with Crippen LogP contribution in [0, 0.1) is 5.21 Å². The van der Waals surface area contributed by atoms with Crippen molar-refractivity contribution in [3.63, 3.8) is 0 Å². The maximum atomic E-state index is 10.3. The van der Waals surface area contributed by atoms with E-state index >= 15 is 0 Å². The number of ether oxygens (including phenoxy) is 1. The van der Waals surface area contributed by atoms with Crippen molar-refractivity contribution in [2.75, 3.05) is 20.3 Å². The average Bonchev–Trinajstić information content (AvgIpc) is 1.87. The van der Waals surface area contributed by atoms with Crippen molar-refractivity contribution >= 4 is 6.21 Å². The van der Waals surface area contributed by atoms with Crippen molar-refractivity contribution in [3.8, 4) is 0 Å². The molecule has 0 N–H and O–H groups in total. The van der Waals surface area contributed by atoms with Crippen LogP contribution in [0.15, 0.2) is 12.7 Å². The molecule has 3 heteroatoms. The lowest BCUT2D eigenvalue weighted by Gasteiger charge is -1.96. The number of hydroxylamine groups is 1. The van der Waals surface area contributed by atoms with Gasteiger partial charge in [-0.1, -0.05) is 6.08 Å². The fourth-order valence-corrected chi connectivity index (χ4v) is 0.485. The standard InChI is InChI=1S/C7H13NO2/c1-3-6-10-7-4-5-8(2)9/h3,5H,1,4,6-7H2,2H3/b8-5-. The molecule has 0 aromatic carbocycles. The molecule has 0 aliphatic heterocycles. The molecule has 0 saturated carbocycles. The van der Waals surface area contributed by atoms with Crippen LogP contribution in [0.2, 0.25) is 0 Å². The highest BCUT2D eigenvalue weighted by Crippen LogP contribution is 1.78. The molecule has 0 atom stereocenters. The van der Waals surface area contributed by atoms with Gasteiger partial charge in [0.25, 0.3) is 0 Å². The molecule has 0 aliphatic carbocycles. The molecule has 0 saturated heterocycles. The second-order valence-corrected chi connectivity index (χ2v) is 1.88. The SMILES string of the molecule is C=CCOCC/C=[N+](/C)[O-]. The van der Waals surface area contributed by atoms with Crippen LogP contribution in [0.4, 0.5) is 0 Å². The van der Waals surface area contributed by atoms with E-state index in [1.807, 2.05) is 0 Å². The maximum absolute atomic E-state index is 10.3. The predicted molar refractivity (Wildman–Crippen MR) is 41.2 cm³/mol. The third kappa shape index (κ3) is 7.17. The molecular formula is C7H13NO2. The zero-order chi connectivity index (χ0) is 7.82. The molecule has 0 amide bonds. The van der Waals surface area contributed by atoms with Gasteiger partial charge in [-0.25, -0.2) is 4.74 Å². The van der Waals surface area contributed by atoms with Gasteiger partial charge >= 0.3 is 0 Å². The molecule has 0 spiro atoms. The van der Waals surface area contributed by atoms with E-state index in [9.17, 15) is 5.21 Å². The summed E-state index contributed by atoms with van der Waals surface area (Å²) in [6.45, 7) is 4.62. The molecule has 0 rings (SSSR count). The minimum absolute atomic E-state index is 0.552. The van der Waals surface area contributed by atoms with Crippen LogP contribution >= 0.6 is 0 Å². The van der Waals surface area contributed by atoms with E-state index in [1.165, 1.54) is 13.3 Å². The third-order valence-corrected chi connectivity index (χ3v) is 0.884. The average molecular weight is 143 g/mol. The van der Waals surface area contributed by atoms with Crippen LogP contribution in [0.3, 0.4) is 0 Å². The van der Waals surface area contributed by atoms with Gasteiger partial charge in [0.2, 0.25) is 0 Å². The van der Waals surface area contributed by atoms with Crippen LogP contribution < -0.4 is 0 Å². The van der Waals surface area contributed by atoms with Gasteiger partial charge in [-0.15, -0.1) is 6.58 Å². The smallest absolute Gasteiger partial charge is 0.152 e. The van der Waals surface area contributed by atoms with Crippen LogP contribution in [-0.2, 0) is 4.74 Å². The lowest BCUT2D eigenvalue weighted by molar-refractivity contribution is -0.418. The van der Waals surface area contributed by atoms with Crippen molar-refractivity contribution in [1.29, 1.82) is 0 Å². The maximum Gasteiger partial charge on any atom is 0.152 e. The normalized spacial score (nSPS) is 11.5. The molecule has 0 unspecified atom stereocenters. The van der Waals surface area contributed by atoms with Crippen LogP contribution in [0.25, 0.3) is 0 Å².